The summed E-state index contributed by atoms with van der Waals surface area (Å²) in [5, 5.41) is 26.2. The molecule has 2 unspecified atom stereocenters. The summed E-state index contributed by atoms with van der Waals surface area (Å²) in [6.07, 6.45) is -1.56. The minimum Gasteiger partial charge on any atom is -0.454 e. The summed E-state index contributed by atoms with van der Waals surface area (Å²) in [7, 11) is 0. The Bertz CT molecular complexity index is 1150. The van der Waals surface area contributed by atoms with E-state index in [-0.39, 0.29) is 6.79 Å². The Hall–Kier alpha value is -3.08. The SMILES string of the molecule is OC1c2cc3ccccc3cc2C(O)c2cc3cc4c(cc3cc21)OCO4. The molecule has 4 aromatic carbocycles. The average Bonchev–Trinajstić information content (AvgIpc) is 3.15. The van der Waals surface area contributed by atoms with Gasteiger partial charge in [-0.25, -0.2) is 0 Å². The molecule has 4 aromatic rings. The summed E-state index contributed by atoms with van der Waals surface area (Å²) < 4.78 is 10.9. The van der Waals surface area contributed by atoms with Crippen molar-refractivity contribution in [2.24, 2.45) is 0 Å². The Kier molecular flexibility index (Phi) is 2.91. The van der Waals surface area contributed by atoms with Gasteiger partial charge in [0, 0.05) is 0 Å². The molecule has 0 amide bonds. The quantitative estimate of drug-likeness (QED) is 0.496. The molecule has 1 aliphatic heterocycles. The standard InChI is InChI=1S/C23H16O4/c24-22-16-5-12-3-1-2-4-13(12)6-17(16)23(25)19-8-15-10-21-20(26-11-27-21)9-14(15)7-18(19)22/h1-10,22-25H,11H2. The molecule has 0 saturated heterocycles. The molecular formula is C23H16O4. The van der Waals surface area contributed by atoms with E-state index in [2.05, 4.69) is 0 Å². The number of aliphatic hydroxyl groups is 2. The maximum atomic E-state index is 11.1. The highest BCUT2D eigenvalue weighted by molar-refractivity contribution is 5.89. The molecule has 0 bridgehead atoms. The Labute approximate surface area is 155 Å². The molecule has 1 aliphatic carbocycles. The van der Waals surface area contributed by atoms with Crippen LogP contribution < -0.4 is 9.47 Å². The molecule has 0 aromatic heterocycles. The predicted molar refractivity (Wildman–Crippen MR) is 102 cm³/mol. The van der Waals surface area contributed by atoms with E-state index in [1.165, 1.54) is 0 Å². The Morgan fingerprint density at radius 2 is 1.00 bits per heavy atom. The van der Waals surface area contributed by atoms with Crippen LogP contribution in [-0.2, 0) is 0 Å². The van der Waals surface area contributed by atoms with Crippen LogP contribution in [0.2, 0.25) is 0 Å². The van der Waals surface area contributed by atoms with Crippen LogP contribution in [0.1, 0.15) is 34.5 Å². The minimum atomic E-state index is -0.780. The summed E-state index contributed by atoms with van der Waals surface area (Å²) in [4.78, 5) is 0. The van der Waals surface area contributed by atoms with Crippen molar-refractivity contribution in [2.45, 2.75) is 12.2 Å². The van der Waals surface area contributed by atoms with Gasteiger partial charge in [-0.1, -0.05) is 24.3 Å². The van der Waals surface area contributed by atoms with Crippen LogP contribution in [0.25, 0.3) is 21.5 Å². The maximum absolute atomic E-state index is 11.1. The molecule has 2 N–H and O–H groups in total. The fraction of sp³-hybridized carbons (Fsp3) is 0.130. The first-order chi connectivity index (χ1) is 13.2. The van der Waals surface area contributed by atoms with Gasteiger partial charge in [0.2, 0.25) is 6.79 Å². The van der Waals surface area contributed by atoms with Crippen molar-refractivity contribution >= 4 is 21.5 Å². The summed E-state index contributed by atoms with van der Waals surface area (Å²) in [5.74, 6) is 1.42. The molecule has 0 radical (unpaired) electrons. The van der Waals surface area contributed by atoms with Crippen LogP contribution in [0.15, 0.2) is 60.7 Å². The van der Waals surface area contributed by atoms with E-state index >= 15 is 0 Å². The van der Waals surface area contributed by atoms with Crippen molar-refractivity contribution in [3.05, 3.63) is 82.9 Å². The van der Waals surface area contributed by atoms with Gasteiger partial charge in [-0.15, -0.1) is 0 Å². The smallest absolute Gasteiger partial charge is 0.231 e. The normalized spacial score (nSPS) is 19.9. The van der Waals surface area contributed by atoms with E-state index in [0.717, 1.165) is 43.8 Å². The molecule has 132 valence electrons. The first-order valence-corrected chi connectivity index (χ1v) is 8.95. The van der Waals surface area contributed by atoms with Crippen molar-refractivity contribution in [3.8, 4) is 11.5 Å². The third-order valence-electron chi connectivity index (χ3n) is 5.66. The molecule has 2 aliphatic rings. The number of benzene rings is 4. The fourth-order valence-electron chi connectivity index (χ4n) is 4.28. The molecule has 27 heavy (non-hydrogen) atoms. The number of ether oxygens (including phenoxy) is 2. The molecule has 0 fully saturated rings. The van der Waals surface area contributed by atoms with E-state index < -0.39 is 12.2 Å². The molecular weight excluding hydrogens is 340 g/mol. The fourth-order valence-corrected chi connectivity index (χ4v) is 4.28. The minimum absolute atomic E-state index is 0.217. The van der Waals surface area contributed by atoms with E-state index in [9.17, 15) is 10.2 Å². The molecule has 4 heteroatoms. The highest BCUT2D eigenvalue weighted by Crippen LogP contribution is 2.45. The lowest BCUT2D eigenvalue weighted by Crippen LogP contribution is -2.18. The van der Waals surface area contributed by atoms with Gasteiger partial charge in [-0.3, -0.25) is 0 Å². The third-order valence-corrected chi connectivity index (χ3v) is 5.66. The number of hydrogen-bond donors (Lipinski definition) is 2. The zero-order valence-corrected chi connectivity index (χ0v) is 14.3. The van der Waals surface area contributed by atoms with Crippen LogP contribution >= 0.6 is 0 Å². The zero-order chi connectivity index (χ0) is 18.1. The number of aliphatic hydroxyl groups excluding tert-OH is 2. The van der Waals surface area contributed by atoms with Gasteiger partial charge in [0.1, 0.15) is 12.2 Å². The first-order valence-electron chi connectivity index (χ1n) is 8.95. The molecule has 2 atom stereocenters. The zero-order valence-electron chi connectivity index (χ0n) is 14.3. The topological polar surface area (TPSA) is 58.9 Å². The lowest BCUT2D eigenvalue weighted by molar-refractivity contribution is 0.174. The van der Waals surface area contributed by atoms with Gasteiger partial charge in [-0.05, 0) is 80.2 Å². The van der Waals surface area contributed by atoms with Gasteiger partial charge in [0.25, 0.3) is 0 Å². The summed E-state index contributed by atoms with van der Waals surface area (Å²) in [6, 6.07) is 19.7. The lowest BCUT2D eigenvalue weighted by atomic mass is 9.80. The first kappa shape index (κ1) is 15.0. The summed E-state index contributed by atoms with van der Waals surface area (Å²) in [5.41, 5.74) is 2.98. The Morgan fingerprint density at radius 3 is 1.44 bits per heavy atom. The maximum Gasteiger partial charge on any atom is 0.231 e. The molecule has 0 saturated carbocycles. The molecule has 4 nitrogen and oxygen atoms in total. The van der Waals surface area contributed by atoms with Crippen molar-refractivity contribution in [3.63, 3.8) is 0 Å². The summed E-state index contributed by atoms with van der Waals surface area (Å²) in [6.45, 7) is 0.217. The van der Waals surface area contributed by atoms with Crippen LogP contribution in [0.5, 0.6) is 11.5 Å². The van der Waals surface area contributed by atoms with Crippen LogP contribution in [0.3, 0.4) is 0 Å². The van der Waals surface area contributed by atoms with Crippen LogP contribution in [0, 0.1) is 0 Å². The second kappa shape index (κ2) is 5.22. The van der Waals surface area contributed by atoms with E-state index in [1.54, 1.807) is 0 Å². The molecule has 0 spiro atoms. The Morgan fingerprint density at radius 1 is 0.593 bits per heavy atom. The lowest BCUT2D eigenvalue weighted by Gasteiger charge is -2.30. The van der Waals surface area contributed by atoms with E-state index in [1.807, 2.05) is 60.7 Å². The van der Waals surface area contributed by atoms with Gasteiger partial charge >= 0.3 is 0 Å². The monoisotopic (exact) mass is 356 g/mol. The second-order valence-corrected chi connectivity index (χ2v) is 7.17. The van der Waals surface area contributed by atoms with Crippen molar-refractivity contribution in [1.82, 2.24) is 0 Å². The van der Waals surface area contributed by atoms with Crippen molar-refractivity contribution < 1.29 is 19.7 Å². The van der Waals surface area contributed by atoms with Crippen molar-refractivity contribution in [1.29, 1.82) is 0 Å². The number of fused-ring (bicyclic) bond motifs is 5. The average molecular weight is 356 g/mol. The van der Waals surface area contributed by atoms with Gasteiger partial charge in [-0.2, -0.15) is 0 Å². The van der Waals surface area contributed by atoms with Crippen LogP contribution in [0.4, 0.5) is 0 Å². The molecule has 1 heterocycles. The van der Waals surface area contributed by atoms with E-state index in [0.29, 0.717) is 11.5 Å². The van der Waals surface area contributed by atoms with E-state index in [4.69, 9.17) is 9.47 Å². The van der Waals surface area contributed by atoms with Gasteiger partial charge < -0.3 is 19.7 Å². The molecule has 6 rings (SSSR count). The second-order valence-electron chi connectivity index (χ2n) is 7.17. The number of rotatable bonds is 0. The highest BCUT2D eigenvalue weighted by atomic mass is 16.7. The summed E-state index contributed by atoms with van der Waals surface area (Å²) >= 11 is 0. The largest absolute Gasteiger partial charge is 0.454 e. The van der Waals surface area contributed by atoms with Gasteiger partial charge in [0.15, 0.2) is 11.5 Å². The third kappa shape index (κ3) is 2.05. The van der Waals surface area contributed by atoms with Crippen LogP contribution in [-0.4, -0.2) is 17.0 Å². The predicted octanol–water partition coefficient (Wildman–Crippen LogP) is 4.20. The Balaban J connectivity index is 1.60. The van der Waals surface area contributed by atoms with Crippen molar-refractivity contribution in [2.75, 3.05) is 6.79 Å². The highest BCUT2D eigenvalue weighted by Gasteiger charge is 2.31. The number of hydrogen-bond acceptors (Lipinski definition) is 4. The van der Waals surface area contributed by atoms with Gasteiger partial charge in [0.05, 0.1) is 0 Å².